The molecule has 0 atom stereocenters. The molecule has 0 heterocycles. The van der Waals surface area contributed by atoms with Gasteiger partial charge < -0.3 is 10.3 Å². The number of rotatable bonds is 3. The number of aliphatic hydroxyl groups excluding tert-OH is 1. The predicted molar refractivity (Wildman–Crippen MR) is 61.5 cm³/mol. The fourth-order valence-corrected chi connectivity index (χ4v) is 2.40. The summed E-state index contributed by atoms with van der Waals surface area (Å²) < 4.78 is 0. The first-order valence-electron chi connectivity index (χ1n) is 4.88. The van der Waals surface area contributed by atoms with E-state index in [9.17, 15) is 4.79 Å². The van der Waals surface area contributed by atoms with Crippen molar-refractivity contribution >= 4 is 23.3 Å². The highest BCUT2D eigenvalue weighted by Crippen LogP contribution is 2.26. The van der Waals surface area contributed by atoms with Gasteiger partial charge in [0.05, 0.1) is 6.61 Å². The Bertz CT molecular complexity index is 457. The minimum absolute atomic E-state index is 0.129. The first kappa shape index (κ1) is 11.2. The number of thioether (sulfide) groups is 1. The van der Waals surface area contributed by atoms with Crippen molar-refractivity contribution in [3.05, 3.63) is 29.3 Å². The van der Waals surface area contributed by atoms with E-state index in [1.165, 1.54) is 11.8 Å². The van der Waals surface area contributed by atoms with Crippen LogP contribution in [0.4, 0.5) is 0 Å². The van der Waals surface area contributed by atoms with Gasteiger partial charge in [-0.3, -0.25) is 4.79 Å². The quantitative estimate of drug-likeness (QED) is 0.473. The second-order valence-corrected chi connectivity index (χ2v) is 4.61. The van der Waals surface area contributed by atoms with Crippen molar-refractivity contribution in [2.45, 2.75) is 11.3 Å². The van der Waals surface area contributed by atoms with Crippen LogP contribution in [0, 0.1) is 0 Å². The summed E-state index contributed by atoms with van der Waals surface area (Å²) in [6, 6.07) is 5.50. The molecule has 16 heavy (non-hydrogen) atoms. The lowest BCUT2D eigenvalue weighted by Crippen LogP contribution is -2.06. The highest BCUT2D eigenvalue weighted by atomic mass is 32.2. The minimum Gasteiger partial charge on any atom is -0.411 e. The van der Waals surface area contributed by atoms with Crippen LogP contribution in [0.1, 0.15) is 15.9 Å². The van der Waals surface area contributed by atoms with Gasteiger partial charge in [-0.05, 0) is 23.8 Å². The van der Waals surface area contributed by atoms with E-state index in [0.29, 0.717) is 17.7 Å². The number of aliphatic hydroxyl groups is 1. The van der Waals surface area contributed by atoms with E-state index in [-0.39, 0.29) is 18.1 Å². The molecule has 0 saturated carbocycles. The number of benzene rings is 1. The topological polar surface area (TPSA) is 69.9 Å². The van der Waals surface area contributed by atoms with Gasteiger partial charge in [0, 0.05) is 22.6 Å². The third-order valence-electron chi connectivity index (χ3n) is 2.42. The molecule has 1 aliphatic carbocycles. The number of hydrogen-bond donors (Lipinski definition) is 2. The number of carbonyl (C=O) groups excluding carboxylic acids is 1. The van der Waals surface area contributed by atoms with Crippen LogP contribution in [0.2, 0.25) is 0 Å². The first-order valence-corrected chi connectivity index (χ1v) is 5.87. The summed E-state index contributed by atoms with van der Waals surface area (Å²) in [5.41, 5.74) is 1.70. The Morgan fingerprint density at radius 3 is 2.94 bits per heavy atom. The zero-order chi connectivity index (χ0) is 11.5. The van der Waals surface area contributed by atoms with Crippen LogP contribution in [0.15, 0.2) is 28.3 Å². The second kappa shape index (κ2) is 4.67. The molecule has 1 aromatic carbocycles. The van der Waals surface area contributed by atoms with Crippen molar-refractivity contribution in [2.75, 3.05) is 12.4 Å². The lowest BCUT2D eigenvalue weighted by molar-refractivity contribution is 0.106. The molecule has 4 nitrogen and oxygen atoms in total. The molecule has 0 amide bonds. The number of oxime groups is 1. The summed E-state index contributed by atoms with van der Waals surface area (Å²) in [6.45, 7) is 0.129. The van der Waals surface area contributed by atoms with Crippen LogP contribution in [0.25, 0.3) is 0 Å². The molecule has 0 unspecified atom stereocenters. The number of carbonyl (C=O) groups is 1. The summed E-state index contributed by atoms with van der Waals surface area (Å²) >= 11 is 1.53. The van der Waals surface area contributed by atoms with Gasteiger partial charge in [-0.2, -0.15) is 0 Å². The molecule has 2 rings (SSSR count). The van der Waals surface area contributed by atoms with Crippen LogP contribution < -0.4 is 0 Å². The third-order valence-corrected chi connectivity index (χ3v) is 3.40. The fraction of sp³-hybridized carbons (Fsp3) is 0.273. The Balaban J connectivity index is 2.26. The number of nitrogens with zero attached hydrogens (tertiary/aromatic N) is 1. The summed E-state index contributed by atoms with van der Waals surface area (Å²) in [6.07, 6.45) is 0.387. The number of ketones is 1. The third kappa shape index (κ3) is 1.96. The van der Waals surface area contributed by atoms with Gasteiger partial charge in [-0.1, -0.05) is 5.16 Å². The summed E-state index contributed by atoms with van der Waals surface area (Å²) in [5, 5.41) is 20.4. The Kier molecular flexibility index (Phi) is 3.26. The maximum Gasteiger partial charge on any atom is 0.211 e. The lowest BCUT2D eigenvalue weighted by atomic mass is 10.1. The van der Waals surface area contributed by atoms with Gasteiger partial charge in [0.2, 0.25) is 5.78 Å². The Hall–Kier alpha value is -1.33. The molecule has 1 aromatic rings. The van der Waals surface area contributed by atoms with E-state index >= 15 is 0 Å². The van der Waals surface area contributed by atoms with Crippen LogP contribution >= 0.6 is 11.8 Å². The fourth-order valence-electron chi connectivity index (χ4n) is 1.69. The second-order valence-electron chi connectivity index (χ2n) is 3.44. The molecule has 0 aromatic heterocycles. The van der Waals surface area contributed by atoms with E-state index in [1.807, 2.05) is 12.1 Å². The largest absolute Gasteiger partial charge is 0.411 e. The van der Waals surface area contributed by atoms with Gasteiger partial charge in [-0.15, -0.1) is 11.8 Å². The maximum atomic E-state index is 11.6. The molecule has 0 aliphatic heterocycles. The van der Waals surface area contributed by atoms with Gasteiger partial charge in [0.15, 0.2) is 0 Å². The van der Waals surface area contributed by atoms with Crippen LogP contribution in [0.5, 0.6) is 0 Å². The molecule has 1 aliphatic rings. The highest BCUT2D eigenvalue weighted by molar-refractivity contribution is 7.99. The van der Waals surface area contributed by atoms with Crippen molar-refractivity contribution in [1.29, 1.82) is 0 Å². The van der Waals surface area contributed by atoms with Gasteiger partial charge >= 0.3 is 0 Å². The molecule has 84 valence electrons. The summed E-state index contributed by atoms with van der Waals surface area (Å²) in [4.78, 5) is 12.6. The molecule has 2 N–H and O–H groups in total. The van der Waals surface area contributed by atoms with Crippen LogP contribution in [-0.2, 0) is 6.42 Å². The average Bonchev–Trinajstić information content (AvgIpc) is 2.63. The van der Waals surface area contributed by atoms with E-state index in [4.69, 9.17) is 10.3 Å². The van der Waals surface area contributed by atoms with Gasteiger partial charge in [0.1, 0.15) is 5.71 Å². The molecule has 0 radical (unpaired) electrons. The summed E-state index contributed by atoms with van der Waals surface area (Å²) in [5.74, 6) is 0.435. The van der Waals surface area contributed by atoms with Crippen molar-refractivity contribution in [3.63, 3.8) is 0 Å². The van der Waals surface area contributed by atoms with E-state index < -0.39 is 0 Å². The molecule has 5 heteroatoms. The average molecular weight is 237 g/mol. The number of hydrogen-bond acceptors (Lipinski definition) is 5. The van der Waals surface area contributed by atoms with Crippen molar-refractivity contribution in [1.82, 2.24) is 0 Å². The Labute approximate surface area is 97.0 Å². The van der Waals surface area contributed by atoms with Crippen molar-refractivity contribution in [3.8, 4) is 0 Å². The van der Waals surface area contributed by atoms with E-state index in [0.717, 1.165) is 10.5 Å². The van der Waals surface area contributed by atoms with Crippen molar-refractivity contribution in [2.24, 2.45) is 5.16 Å². The summed E-state index contributed by atoms with van der Waals surface area (Å²) in [7, 11) is 0. The van der Waals surface area contributed by atoms with E-state index in [2.05, 4.69) is 5.16 Å². The SMILES string of the molecule is O=C1C(=NO)Cc2cc(SCCO)ccc21. The zero-order valence-electron chi connectivity index (χ0n) is 8.51. The Morgan fingerprint density at radius 2 is 2.25 bits per heavy atom. The molecule has 0 bridgehead atoms. The highest BCUT2D eigenvalue weighted by Gasteiger charge is 2.26. The molecule has 0 spiro atoms. The van der Waals surface area contributed by atoms with Crippen LogP contribution in [0.3, 0.4) is 0 Å². The van der Waals surface area contributed by atoms with Gasteiger partial charge in [-0.25, -0.2) is 0 Å². The number of fused-ring (bicyclic) bond motifs is 1. The minimum atomic E-state index is -0.198. The lowest BCUT2D eigenvalue weighted by Gasteiger charge is -2.01. The van der Waals surface area contributed by atoms with Crippen molar-refractivity contribution < 1.29 is 15.1 Å². The molecule has 0 fully saturated rings. The standard InChI is InChI=1S/C11H11NO3S/c13-3-4-16-8-1-2-9-7(5-8)6-10(12-15)11(9)14/h1-2,5,13,15H,3-4,6H2. The monoisotopic (exact) mass is 237 g/mol. The smallest absolute Gasteiger partial charge is 0.211 e. The zero-order valence-corrected chi connectivity index (χ0v) is 9.33. The van der Waals surface area contributed by atoms with Crippen LogP contribution in [-0.4, -0.2) is 34.2 Å². The maximum absolute atomic E-state index is 11.6. The van der Waals surface area contributed by atoms with E-state index in [1.54, 1.807) is 6.07 Å². The first-order chi connectivity index (χ1) is 7.76. The molecular formula is C11H11NO3S. The Morgan fingerprint density at radius 1 is 1.44 bits per heavy atom. The van der Waals surface area contributed by atoms with Gasteiger partial charge in [0.25, 0.3) is 0 Å². The predicted octanol–water partition coefficient (Wildman–Crippen LogP) is 1.34. The number of Topliss-reactive ketones (excluding diaryl/α,β-unsaturated/α-hetero) is 1. The molecule has 0 saturated heterocycles. The molecular weight excluding hydrogens is 226 g/mol. The normalized spacial score (nSPS) is 16.8.